The molecule has 2 aliphatic rings. The average Bonchev–Trinajstić information content (AvgIpc) is 2.88. The number of hydrogen-bond donors (Lipinski definition) is 1. The fourth-order valence-electron chi connectivity index (χ4n) is 3.39. The summed E-state index contributed by atoms with van der Waals surface area (Å²) in [5.41, 5.74) is 1.15. The molecule has 0 bridgehead atoms. The summed E-state index contributed by atoms with van der Waals surface area (Å²) in [7, 11) is 0. The molecule has 122 valence electrons. The maximum absolute atomic E-state index is 12.8. The molecule has 2 heterocycles. The molecule has 0 aliphatic carbocycles. The maximum Gasteiger partial charge on any atom is 0.245 e. The van der Waals surface area contributed by atoms with E-state index in [0.717, 1.165) is 37.8 Å². The number of nitrogens with zero attached hydrogens (tertiary/aromatic N) is 1. The van der Waals surface area contributed by atoms with Crippen LogP contribution in [-0.4, -0.2) is 35.3 Å². The molecule has 2 saturated heterocycles. The molecule has 2 atom stereocenters. The summed E-state index contributed by atoms with van der Waals surface area (Å²) in [5.74, 6) is 0.0787. The van der Waals surface area contributed by atoms with Crippen molar-refractivity contribution >= 4 is 17.9 Å². The van der Waals surface area contributed by atoms with E-state index < -0.39 is 0 Å². The Labute approximate surface area is 137 Å². The van der Waals surface area contributed by atoms with Gasteiger partial charge in [-0.1, -0.05) is 55.3 Å². The molecule has 23 heavy (non-hydrogen) atoms. The van der Waals surface area contributed by atoms with E-state index in [0.29, 0.717) is 12.8 Å². The van der Waals surface area contributed by atoms with Crippen LogP contribution in [0.25, 0.3) is 6.08 Å². The van der Waals surface area contributed by atoms with Gasteiger partial charge in [0.25, 0.3) is 0 Å². The van der Waals surface area contributed by atoms with E-state index in [1.165, 1.54) is 0 Å². The second kappa shape index (κ2) is 7.44. The van der Waals surface area contributed by atoms with Gasteiger partial charge in [0.05, 0.1) is 6.04 Å². The van der Waals surface area contributed by atoms with Crippen LogP contribution in [0.4, 0.5) is 0 Å². The summed E-state index contributed by atoms with van der Waals surface area (Å²) >= 11 is 0. The Morgan fingerprint density at radius 2 is 1.96 bits per heavy atom. The van der Waals surface area contributed by atoms with Crippen LogP contribution in [0, 0.1) is 0 Å². The lowest BCUT2D eigenvalue weighted by atomic mass is 10.1. The molecule has 1 aromatic rings. The number of hydrogen-bond acceptors (Lipinski definition) is 2. The first-order valence-corrected chi connectivity index (χ1v) is 8.57. The van der Waals surface area contributed by atoms with Gasteiger partial charge in [-0.3, -0.25) is 9.59 Å². The van der Waals surface area contributed by atoms with Crippen molar-refractivity contribution in [3.63, 3.8) is 0 Å². The Bertz CT molecular complexity index is 582. The molecular weight excluding hydrogens is 288 g/mol. The Morgan fingerprint density at radius 1 is 1.13 bits per heavy atom. The fourth-order valence-corrected chi connectivity index (χ4v) is 3.39. The normalized spacial score (nSPS) is 25.4. The number of carbonyl (C=O) groups excluding carboxylic acids is 2. The summed E-state index contributed by atoms with van der Waals surface area (Å²) in [6.07, 6.45) is 9.69. The predicted octanol–water partition coefficient (Wildman–Crippen LogP) is 2.75. The lowest BCUT2D eigenvalue weighted by molar-refractivity contribution is -0.135. The standard InChI is InChI=1S/C19H24N2O2/c22-18-13-12-17(20-18)19(23)21-14-6-2-5-9-16(21)11-10-15-7-3-1-4-8-15/h1,3-4,7-8,10-11,16-17H,2,5-6,9,12-14H2,(H,20,22)/b11-10+/t16-,17+/m1/s1. The molecule has 0 saturated carbocycles. The zero-order valence-corrected chi connectivity index (χ0v) is 13.4. The van der Waals surface area contributed by atoms with Crippen molar-refractivity contribution in [2.75, 3.05) is 6.54 Å². The highest BCUT2D eigenvalue weighted by Crippen LogP contribution is 2.21. The van der Waals surface area contributed by atoms with E-state index in [1.54, 1.807) is 0 Å². The van der Waals surface area contributed by atoms with Gasteiger partial charge in [-0.05, 0) is 24.8 Å². The highest BCUT2D eigenvalue weighted by Gasteiger charge is 2.33. The zero-order chi connectivity index (χ0) is 16.1. The van der Waals surface area contributed by atoms with Crippen molar-refractivity contribution in [3.05, 3.63) is 42.0 Å². The maximum atomic E-state index is 12.8. The van der Waals surface area contributed by atoms with Crippen molar-refractivity contribution in [3.8, 4) is 0 Å². The first kappa shape index (κ1) is 15.8. The van der Waals surface area contributed by atoms with E-state index in [1.807, 2.05) is 23.1 Å². The van der Waals surface area contributed by atoms with E-state index in [4.69, 9.17) is 0 Å². The van der Waals surface area contributed by atoms with Crippen LogP contribution >= 0.6 is 0 Å². The van der Waals surface area contributed by atoms with Gasteiger partial charge in [-0.15, -0.1) is 0 Å². The second-order valence-electron chi connectivity index (χ2n) is 6.38. The molecular formula is C19H24N2O2. The van der Waals surface area contributed by atoms with Gasteiger partial charge in [0.15, 0.2) is 0 Å². The average molecular weight is 312 g/mol. The zero-order valence-electron chi connectivity index (χ0n) is 13.4. The molecule has 0 unspecified atom stereocenters. The van der Waals surface area contributed by atoms with E-state index >= 15 is 0 Å². The fraction of sp³-hybridized carbons (Fsp3) is 0.474. The molecule has 1 N–H and O–H groups in total. The lowest BCUT2D eigenvalue weighted by Gasteiger charge is -2.30. The monoisotopic (exact) mass is 312 g/mol. The van der Waals surface area contributed by atoms with Crippen LogP contribution in [0.3, 0.4) is 0 Å². The minimum Gasteiger partial charge on any atom is -0.344 e. The summed E-state index contributed by atoms with van der Waals surface area (Å²) in [5, 5.41) is 2.81. The van der Waals surface area contributed by atoms with E-state index in [2.05, 4.69) is 29.6 Å². The molecule has 0 radical (unpaired) electrons. The largest absolute Gasteiger partial charge is 0.344 e. The Morgan fingerprint density at radius 3 is 2.70 bits per heavy atom. The van der Waals surface area contributed by atoms with Gasteiger partial charge in [-0.25, -0.2) is 0 Å². The van der Waals surface area contributed by atoms with Gasteiger partial charge >= 0.3 is 0 Å². The topological polar surface area (TPSA) is 49.4 Å². The third kappa shape index (κ3) is 4.01. The lowest BCUT2D eigenvalue weighted by Crippen LogP contribution is -2.48. The van der Waals surface area contributed by atoms with Gasteiger partial charge in [0, 0.05) is 13.0 Å². The summed E-state index contributed by atoms with van der Waals surface area (Å²) in [6, 6.07) is 9.97. The molecule has 3 rings (SSSR count). The number of amides is 2. The van der Waals surface area contributed by atoms with Gasteiger partial charge in [0.2, 0.25) is 11.8 Å². The highest BCUT2D eigenvalue weighted by atomic mass is 16.2. The van der Waals surface area contributed by atoms with Gasteiger partial charge in [0.1, 0.15) is 6.04 Å². The van der Waals surface area contributed by atoms with Gasteiger partial charge in [-0.2, -0.15) is 0 Å². The molecule has 1 aromatic carbocycles. The Balaban J connectivity index is 1.73. The molecule has 2 aliphatic heterocycles. The molecule has 2 fully saturated rings. The number of benzene rings is 1. The van der Waals surface area contributed by atoms with Crippen molar-refractivity contribution in [1.29, 1.82) is 0 Å². The highest BCUT2D eigenvalue weighted by molar-refractivity contribution is 5.91. The first-order valence-electron chi connectivity index (χ1n) is 8.57. The van der Waals surface area contributed by atoms with E-state index in [-0.39, 0.29) is 23.9 Å². The van der Waals surface area contributed by atoms with Crippen LogP contribution in [0.15, 0.2) is 36.4 Å². The van der Waals surface area contributed by atoms with Crippen molar-refractivity contribution in [1.82, 2.24) is 10.2 Å². The summed E-state index contributed by atoms with van der Waals surface area (Å²) in [6.45, 7) is 0.787. The van der Waals surface area contributed by atoms with Gasteiger partial charge < -0.3 is 10.2 Å². The van der Waals surface area contributed by atoms with Crippen LogP contribution in [-0.2, 0) is 9.59 Å². The molecule has 0 aromatic heterocycles. The third-order valence-corrected chi connectivity index (χ3v) is 4.69. The van der Waals surface area contributed by atoms with Crippen molar-refractivity contribution < 1.29 is 9.59 Å². The Kier molecular flexibility index (Phi) is 5.11. The number of likely N-dealkylation sites (tertiary alicyclic amines) is 1. The van der Waals surface area contributed by atoms with Crippen LogP contribution < -0.4 is 5.32 Å². The number of nitrogens with one attached hydrogen (secondary N) is 1. The third-order valence-electron chi connectivity index (χ3n) is 4.69. The van der Waals surface area contributed by atoms with Crippen molar-refractivity contribution in [2.24, 2.45) is 0 Å². The first-order chi connectivity index (χ1) is 11.2. The Hall–Kier alpha value is -2.10. The predicted molar refractivity (Wildman–Crippen MR) is 90.6 cm³/mol. The molecule has 4 nitrogen and oxygen atoms in total. The smallest absolute Gasteiger partial charge is 0.245 e. The minimum absolute atomic E-state index is 0.00505. The summed E-state index contributed by atoms with van der Waals surface area (Å²) < 4.78 is 0. The number of carbonyl (C=O) groups is 2. The minimum atomic E-state index is -0.326. The van der Waals surface area contributed by atoms with Crippen LogP contribution in [0.2, 0.25) is 0 Å². The van der Waals surface area contributed by atoms with E-state index in [9.17, 15) is 9.59 Å². The van der Waals surface area contributed by atoms with Crippen molar-refractivity contribution in [2.45, 2.75) is 50.6 Å². The molecule has 2 amide bonds. The number of rotatable bonds is 3. The summed E-state index contributed by atoms with van der Waals surface area (Å²) in [4.78, 5) is 26.2. The SMILES string of the molecule is O=C1CC[C@@H](C(=O)N2CCCCC[C@@H]2/C=C/c2ccccc2)N1. The molecule has 4 heteroatoms. The van der Waals surface area contributed by atoms with Crippen LogP contribution in [0.1, 0.15) is 44.1 Å². The van der Waals surface area contributed by atoms with Crippen LogP contribution in [0.5, 0.6) is 0 Å². The second-order valence-corrected chi connectivity index (χ2v) is 6.38. The molecule has 0 spiro atoms. The quantitative estimate of drug-likeness (QED) is 0.933.